The summed E-state index contributed by atoms with van der Waals surface area (Å²) in [5.41, 5.74) is 2.61. The molecule has 0 radical (unpaired) electrons. The fourth-order valence-corrected chi connectivity index (χ4v) is 5.33. The maximum Gasteiger partial charge on any atom is 0.339 e. The molecule has 1 aromatic heterocycles. The van der Waals surface area contributed by atoms with Gasteiger partial charge in [-0.25, -0.2) is 4.79 Å². The molecule has 0 spiro atoms. The van der Waals surface area contributed by atoms with Gasteiger partial charge < -0.3 is 10.4 Å². The number of hydrogen-bond donors (Lipinski definition) is 2. The standard InChI is InChI=1S/C21H14ClNO4S2/c22-13-7-5-11(6-8-13)15-10-29-20(16(15)21(26)27)23-19(25)18-17(24)14-4-2-1-3-12(14)9-28-18/h1-8,10,18H,9H2,(H,23,25)(H,26,27). The molecule has 1 atom stereocenters. The molecule has 4 rings (SSSR count). The zero-order valence-electron chi connectivity index (χ0n) is 14.8. The molecule has 1 amide bonds. The monoisotopic (exact) mass is 443 g/mol. The molecule has 8 heteroatoms. The van der Waals surface area contributed by atoms with Crippen molar-refractivity contribution in [3.8, 4) is 11.1 Å². The summed E-state index contributed by atoms with van der Waals surface area (Å²) in [6, 6.07) is 14.0. The van der Waals surface area contributed by atoms with E-state index in [0.717, 1.165) is 16.9 Å². The Morgan fingerprint density at radius 2 is 1.79 bits per heavy atom. The van der Waals surface area contributed by atoms with E-state index in [1.54, 1.807) is 41.8 Å². The molecule has 3 aromatic rings. The van der Waals surface area contributed by atoms with E-state index in [1.807, 2.05) is 12.1 Å². The van der Waals surface area contributed by atoms with Gasteiger partial charge in [-0.05, 0) is 23.3 Å². The number of fused-ring (bicyclic) bond motifs is 1. The topological polar surface area (TPSA) is 83.5 Å². The fraction of sp³-hybridized carbons (Fsp3) is 0.0952. The molecule has 2 aromatic carbocycles. The molecule has 146 valence electrons. The first-order chi connectivity index (χ1) is 14.0. The molecule has 1 unspecified atom stereocenters. The molecule has 29 heavy (non-hydrogen) atoms. The first-order valence-corrected chi connectivity index (χ1v) is 10.9. The maximum atomic E-state index is 12.8. The van der Waals surface area contributed by atoms with Gasteiger partial charge in [0.2, 0.25) is 5.91 Å². The smallest absolute Gasteiger partial charge is 0.339 e. The van der Waals surface area contributed by atoms with E-state index in [0.29, 0.717) is 27.5 Å². The Bertz CT molecular complexity index is 1120. The number of aromatic carboxylic acids is 1. The van der Waals surface area contributed by atoms with E-state index in [9.17, 15) is 19.5 Å². The minimum Gasteiger partial charge on any atom is -0.478 e. The second-order valence-electron chi connectivity index (χ2n) is 6.37. The molecule has 2 N–H and O–H groups in total. The van der Waals surface area contributed by atoms with Crippen LogP contribution in [0.3, 0.4) is 0 Å². The van der Waals surface area contributed by atoms with Crippen molar-refractivity contribution in [1.82, 2.24) is 0 Å². The number of halogens is 1. The van der Waals surface area contributed by atoms with Crippen molar-refractivity contribution in [2.45, 2.75) is 11.0 Å². The summed E-state index contributed by atoms with van der Waals surface area (Å²) in [7, 11) is 0. The average Bonchev–Trinajstić information content (AvgIpc) is 3.12. The summed E-state index contributed by atoms with van der Waals surface area (Å²) in [4.78, 5) is 37.4. The molecule has 0 fully saturated rings. The third-order valence-corrected chi connectivity index (χ3v) is 6.95. The number of benzene rings is 2. The zero-order valence-corrected chi connectivity index (χ0v) is 17.2. The molecule has 0 saturated carbocycles. The minimum atomic E-state index is -1.15. The second kappa shape index (κ2) is 8.02. The summed E-state index contributed by atoms with van der Waals surface area (Å²) >= 11 is 8.26. The second-order valence-corrected chi connectivity index (χ2v) is 8.78. The maximum absolute atomic E-state index is 12.8. The number of rotatable bonds is 4. The first-order valence-electron chi connectivity index (χ1n) is 8.61. The summed E-state index contributed by atoms with van der Waals surface area (Å²) in [5, 5.41) is 13.9. The number of nitrogens with one attached hydrogen (secondary N) is 1. The normalized spacial score (nSPS) is 15.6. The quantitative estimate of drug-likeness (QED) is 0.541. The minimum absolute atomic E-state index is 0.000619. The largest absolute Gasteiger partial charge is 0.478 e. The van der Waals surface area contributed by atoms with Gasteiger partial charge >= 0.3 is 5.97 Å². The number of thiophene rings is 1. The molecular formula is C21H14ClNO4S2. The van der Waals surface area contributed by atoms with E-state index >= 15 is 0 Å². The summed E-state index contributed by atoms with van der Waals surface area (Å²) in [5.74, 6) is -1.38. The van der Waals surface area contributed by atoms with Gasteiger partial charge in [0.15, 0.2) is 5.78 Å². The third-order valence-electron chi connectivity index (χ3n) is 4.56. The van der Waals surface area contributed by atoms with Crippen molar-refractivity contribution < 1.29 is 19.5 Å². The lowest BCUT2D eigenvalue weighted by atomic mass is 10.0. The van der Waals surface area contributed by atoms with Crippen LogP contribution in [0.5, 0.6) is 0 Å². The Balaban J connectivity index is 1.61. The number of hydrogen-bond acceptors (Lipinski definition) is 5. The SMILES string of the molecule is O=C(O)c1c(-c2ccc(Cl)cc2)csc1NC(=O)C1SCc2ccccc2C1=O. The van der Waals surface area contributed by atoms with Gasteiger partial charge in [0.05, 0.1) is 0 Å². The lowest BCUT2D eigenvalue weighted by Crippen LogP contribution is -2.35. The van der Waals surface area contributed by atoms with Crippen LogP contribution in [0.4, 0.5) is 5.00 Å². The number of carbonyl (C=O) groups excluding carboxylic acids is 2. The zero-order chi connectivity index (χ0) is 20.5. The predicted molar refractivity (Wildman–Crippen MR) is 116 cm³/mol. The summed E-state index contributed by atoms with van der Waals surface area (Å²) < 4.78 is 0. The van der Waals surface area contributed by atoms with Gasteiger partial charge in [0.1, 0.15) is 15.8 Å². The number of carbonyl (C=O) groups is 3. The predicted octanol–water partition coefficient (Wildman–Crippen LogP) is 5.20. The number of carboxylic acids is 1. The lowest BCUT2D eigenvalue weighted by Gasteiger charge is -2.22. The van der Waals surface area contributed by atoms with Crippen LogP contribution in [0, 0.1) is 0 Å². The van der Waals surface area contributed by atoms with Crippen LogP contribution >= 0.6 is 34.7 Å². The molecule has 1 aliphatic rings. The number of Topliss-reactive ketones (excluding diaryl/α,β-unsaturated/α-hetero) is 1. The van der Waals surface area contributed by atoms with Crippen LogP contribution < -0.4 is 5.32 Å². The molecule has 5 nitrogen and oxygen atoms in total. The molecule has 0 aliphatic carbocycles. The Hall–Kier alpha value is -2.61. The van der Waals surface area contributed by atoms with Gasteiger partial charge in [0, 0.05) is 27.3 Å². The van der Waals surface area contributed by atoms with Crippen LogP contribution in [0.1, 0.15) is 26.3 Å². The van der Waals surface area contributed by atoms with Crippen molar-refractivity contribution in [2.75, 3.05) is 5.32 Å². The highest BCUT2D eigenvalue weighted by atomic mass is 35.5. The molecule has 0 saturated heterocycles. The molecular weight excluding hydrogens is 430 g/mol. The number of thioether (sulfide) groups is 1. The Morgan fingerprint density at radius 3 is 2.52 bits per heavy atom. The Kier molecular flexibility index (Phi) is 5.45. The number of amides is 1. The Labute approximate surface area is 179 Å². The van der Waals surface area contributed by atoms with Crippen LogP contribution in [0.15, 0.2) is 53.9 Å². The van der Waals surface area contributed by atoms with Gasteiger partial charge in [0.25, 0.3) is 0 Å². The van der Waals surface area contributed by atoms with E-state index in [-0.39, 0.29) is 16.3 Å². The molecule has 2 heterocycles. The first kappa shape index (κ1) is 19.7. The highest BCUT2D eigenvalue weighted by Gasteiger charge is 2.34. The van der Waals surface area contributed by atoms with Crippen molar-refractivity contribution in [3.63, 3.8) is 0 Å². The lowest BCUT2D eigenvalue weighted by molar-refractivity contribution is -0.115. The van der Waals surface area contributed by atoms with E-state index in [1.165, 1.54) is 11.8 Å². The van der Waals surface area contributed by atoms with Crippen LogP contribution in [-0.4, -0.2) is 28.0 Å². The van der Waals surface area contributed by atoms with Gasteiger partial charge in [-0.15, -0.1) is 23.1 Å². The number of ketones is 1. The number of anilines is 1. The van der Waals surface area contributed by atoms with Crippen molar-refractivity contribution in [3.05, 3.63) is 75.6 Å². The van der Waals surface area contributed by atoms with Crippen molar-refractivity contribution >= 4 is 57.4 Å². The summed E-state index contributed by atoms with van der Waals surface area (Å²) in [6.07, 6.45) is 0. The van der Waals surface area contributed by atoms with Gasteiger partial charge in [-0.3, -0.25) is 9.59 Å². The highest BCUT2D eigenvalue weighted by Crippen LogP contribution is 2.37. The molecule has 0 bridgehead atoms. The Morgan fingerprint density at radius 1 is 1.07 bits per heavy atom. The van der Waals surface area contributed by atoms with Gasteiger partial charge in [-0.2, -0.15) is 0 Å². The molecule has 1 aliphatic heterocycles. The fourth-order valence-electron chi connectivity index (χ4n) is 3.15. The van der Waals surface area contributed by atoms with E-state index < -0.39 is 17.1 Å². The average molecular weight is 444 g/mol. The third kappa shape index (κ3) is 3.81. The van der Waals surface area contributed by atoms with Gasteiger partial charge in [-0.1, -0.05) is 48.0 Å². The van der Waals surface area contributed by atoms with Crippen LogP contribution in [-0.2, 0) is 10.5 Å². The highest BCUT2D eigenvalue weighted by molar-refractivity contribution is 8.00. The summed E-state index contributed by atoms with van der Waals surface area (Å²) in [6.45, 7) is 0. The number of carboxylic acid groups (broad SMARTS) is 1. The van der Waals surface area contributed by atoms with Crippen LogP contribution in [0.2, 0.25) is 5.02 Å². The van der Waals surface area contributed by atoms with Crippen LogP contribution in [0.25, 0.3) is 11.1 Å². The van der Waals surface area contributed by atoms with E-state index in [2.05, 4.69) is 5.32 Å². The van der Waals surface area contributed by atoms with E-state index in [4.69, 9.17) is 11.6 Å². The van der Waals surface area contributed by atoms with Crippen molar-refractivity contribution in [1.29, 1.82) is 0 Å². The van der Waals surface area contributed by atoms with Crippen molar-refractivity contribution in [2.24, 2.45) is 0 Å².